The lowest BCUT2D eigenvalue weighted by atomic mass is 9.63. The number of pyridine rings is 1. The number of ether oxygens (including phenoxy) is 1. The van der Waals surface area contributed by atoms with Gasteiger partial charge in [-0.3, -0.25) is 14.5 Å². The van der Waals surface area contributed by atoms with Crippen LogP contribution < -0.4 is 15.8 Å². The van der Waals surface area contributed by atoms with E-state index in [2.05, 4.69) is 20.4 Å². The largest absolute Gasteiger partial charge is 0.482 e. The van der Waals surface area contributed by atoms with Gasteiger partial charge in [0.2, 0.25) is 6.41 Å². The van der Waals surface area contributed by atoms with Crippen LogP contribution >= 0.6 is 11.6 Å². The van der Waals surface area contributed by atoms with Crippen molar-refractivity contribution in [2.75, 3.05) is 12.4 Å². The molecule has 4 rings (SSSR count). The number of halogens is 2. The second-order valence-corrected chi connectivity index (χ2v) is 8.94. The van der Waals surface area contributed by atoms with Crippen molar-refractivity contribution in [3.63, 3.8) is 0 Å². The molecule has 3 aromatic rings. The number of allylic oxidation sites excluding steroid dienone is 1. The standard InChI is InChI=1S/C24H22B2ClFN6O2/c1-12-17-8-15(28)4-5-16(17)20(29)13(9-30-3)6-18-21(34(24(2,25)26)33-22(18)27)14-7-19(36-12)23(31-10-14)32-11-35/h4-5,7-12H,6,29H2,1-3H3,(H,31,32,35)/b20-13-,30-9?/t12-/m1/s1. The first kappa shape index (κ1) is 25.5. The van der Waals surface area contributed by atoms with E-state index in [-0.39, 0.29) is 23.1 Å². The highest BCUT2D eigenvalue weighted by Gasteiger charge is 2.28. The lowest BCUT2D eigenvalue weighted by Gasteiger charge is -2.26. The molecule has 0 saturated carbocycles. The molecule has 1 aliphatic heterocycles. The Bertz CT molecular complexity index is 1400. The van der Waals surface area contributed by atoms with E-state index in [1.165, 1.54) is 23.0 Å². The molecular weight excluding hydrogens is 480 g/mol. The Balaban J connectivity index is 2.10. The SMILES string of the molecule is [B]C([B])(C)n1nc(Cl)c2c1-c1cnc(NC=O)c(c1)O[C@H](C)c1cc(F)ccc1/C(N)=C(/C=NC)C2. The summed E-state index contributed by atoms with van der Waals surface area (Å²) in [4.78, 5) is 19.7. The van der Waals surface area contributed by atoms with Crippen LogP contribution in [0.3, 0.4) is 0 Å². The highest BCUT2D eigenvalue weighted by Crippen LogP contribution is 2.39. The number of aromatic nitrogens is 3. The molecule has 1 amide bonds. The van der Waals surface area contributed by atoms with E-state index in [1.54, 1.807) is 39.2 Å². The normalized spacial score (nSPS) is 18.0. The molecule has 36 heavy (non-hydrogen) atoms. The Kier molecular flexibility index (Phi) is 6.95. The fourth-order valence-electron chi connectivity index (χ4n) is 4.15. The van der Waals surface area contributed by atoms with Gasteiger partial charge in [-0.2, -0.15) is 5.10 Å². The molecule has 0 spiro atoms. The minimum atomic E-state index is -1.42. The van der Waals surface area contributed by atoms with Crippen LogP contribution in [0.1, 0.15) is 36.6 Å². The molecule has 0 unspecified atom stereocenters. The summed E-state index contributed by atoms with van der Waals surface area (Å²) in [5.41, 5.74) is 10.2. The van der Waals surface area contributed by atoms with Crippen LogP contribution in [0.2, 0.25) is 5.15 Å². The van der Waals surface area contributed by atoms with Crippen molar-refractivity contribution < 1.29 is 13.9 Å². The molecule has 2 aromatic heterocycles. The summed E-state index contributed by atoms with van der Waals surface area (Å²) in [5.74, 6) is -0.0593. The van der Waals surface area contributed by atoms with E-state index in [0.29, 0.717) is 45.6 Å². The minimum absolute atomic E-state index is 0.157. The van der Waals surface area contributed by atoms with Gasteiger partial charge in [-0.1, -0.05) is 18.5 Å². The summed E-state index contributed by atoms with van der Waals surface area (Å²) in [6.45, 7) is 3.32. The average molecular weight is 503 g/mol. The van der Waals surface area contributed by atoms with Crippen molar-refractivity contribution >= 4 is 51.4 Å². The third-order valence-corrected chi connectivity index (χ3v) is 6.06. The molecule has 3 N–H and O–H groups in total. The van der Waals surface area contributed by atoms with Gasteiger partial charge in [-0.25, -0.2) is 9.37 Å². The van der Waals surface area contributed by atoms with Gasteiger partial charge in [0.15, 0.2) is 16.7 Å². The highest BCUT2D eigenvalue weighted by molar-refractivity contribution is 6.37. The van der Waals surface area contributed by atoms with Crippen LogP contribution in [0.5, 0.6) is 5.75 Å². The number of carbonyl (C=O) groups is 1. The van der Waals surface area contributed by atoms with Gasteiger partial charge in [0, 0.05) is 53.8 Å². The lowest BCUT2D eigenvalue weighted by Crippen LogP contribution is -2.32. The molecule has 0 aliphatic carbocycles. The summed E-state index contributed by atoms with van der Waals surface area (Å²) >= 11 is 6.60. The monoisotopic (exact) mass is 502 g/mol. The molecule has 1 aliphatic rings. The van der Waals surface area contributed by atoms with Crippen molar-refractivity contribution in [3.8, 4) is 17.0 Å². The summed E-state index contributed by atoms with van der Waals surface area (Å²) in [5, 5.41) is 5.66. The quantitative estimate of drug-likeness (QED) is 0.323. The molecule has 2 bridgehead atoms. The summed E-state index contributed by atoms with van der Waals surface area (Å²) < 4.78 is 21.9. The van der Waals surface area contributed by atoms with Gasteiger partial charge in [-0.05, 0) is 42.1 Å². The number of carbonyl (C=O) groups excluding carboxylic acids is 1. The van der Waals surface area contributed by atoms with Crippen LogP contribution in [0, 0.1) is 5.82 Å². The fourth-order valence-corrected chi connectivity index (χ4v) is 4.38. The number of nitrogens with two attached hydrogens (primary N) is 1. The number of hydrogen-bond acceptors (Lipinski definition) is 6. The number of benzene rings is 1. The smallest absolute Gasteiger partial charge is 0.212 e. The van der Waals surface area contributed by atoms with Crippen molar-refractivity contribution in [1.82, 2.24) is 14.8 Å². The van der Waals surface area contributed by atoms with Gasteiger partial charge in [0.05, 0.1) is 21.4 Å². The number of anilines is 1. The fraction of sp³-hybridized carbons (Fsp3) is 0.250. The zero-order chi connectivity index (χ0) is 26.2. The highest BCUT2D eigenvalue weighted by atomic mass is 35.5. The zero-order valence-corrected chi connectivity index (χ0v) is 20.7. The van der Waals surface area contributed by atoms with Gasteiger partial charge >= 0.3 is 0 Å². The Morgan fingerprint density at radius 1 is 1.39 bits per heavy atom. The lowest BCUT2D eigenvalue weighted by molar-refractivity contribution is -0.105. The van der Waals surface area contributed by atoms with E-state index < -0.39 is 17.3 Å². The molecule has 4 radical (unpaired) electrons. The second-order valence-electron chi connectivity index (χ2n) is 8.58. The maximum absolute atomic E-state index is 14.3. The molecule has 1 aromatic carbocycles. The van der Waals surface area contributed by atoms with E-state index in [4.69, 9.17) is 37.8 Å². The van der Waals surface area contributed by atoms with E-state index in [0.717, 1.165) is 0 Å². The zero-order valence-electron chi connectivity index (χ0n) is 19.9. The Morgan fingerprint density at radius 3 is 2.81 bits per heavy atom. The minimum Gasteiger partial charge on any atom is -0.482 e. The summed E-state index contributed by atoms with van der Waals surface area (Å²) in [7, 11) is 14.1. The molecule has 3 heterocycles. The third kappa shape index (κ3) is 4.75. The number of amides is 1. The first-order chi connectivity index (χ1) is 17.0. The first-order valence-electron chi connectivity index (χ1n) is 11.0. The summed E-state index contributed by atoms with van der Waals surface area (Å²) in [6, 6.07) is 5.91. The summed E-state index contributed by atoms with van der Waals surface area (Å²) in [6.07, 6.45) is 3.14. The predicted octanol–water partition coefficient (Wildman–Crippen LogP) is 3.34. The van der Waals surface area contributed by atoms with Crippen molar-refractivity contribution in [2.24, 2.45) is 10.7 Å². The second kappa shape index (κ2) is 9.81. The van der Waals surface area contributed by atoms with E-state index >= 15 is 0 Å². The molecule has 0 fully saturated rings. The van der Waals surface area contributed by atoms with Crippen molar-refractivity contribution in [3.05, 3.63) is 63.7 Å². The van der Waals surface area contributed by atoms with Gasteiger partial charge in [-0.15, -0.1) is 0 Å². The van der Waals surface area contributed by atoms with Gasteiger partial charge < -0.3 is 15.8 Å². The molecule has 180 valence electrons. The van der Waals surface area contributed by atoms with Crippen molar-refractivity contribution in [1.29, 1.82) is 0 Å². The van der Waals surface area contributed by atoms with Gasteiger partial charge in [0.25, 0.3) is 0 Å². The Hall–Kier alpha value is -3.59. The molecule has 1 atom stereocenters. The third-order valence-electron chi connectivity index (χ3n) is 5.76. The van der Waals surface area contributed by atoms with E-state index in [9.17, 15) is 9.18 Å². The maximum atomic E-state index is 14.3. The Morgan fingerprint density at radius 2 is 2.14 bits per heavy atom. The van der Waals surface area contributed by atoms with Crippen LogP contribution in [0.4, 0.5) is 10.2 Å². The number of fused-ring (bicyclic) bond motifs is 5. The van der Waals surface area contributed by atoms with Gasteiger partial charge in [0.1, 0.15) is 11.9 Å². The van der Waals surface area contributed by atoms with Crippen molar-refractivity contribution in [2.45, 2.75) is 31.7 Å². The average Bonchev–Trinajstić information content (AvgIpc) is 3.15. The number of nitrogens with zero attached hydrogens (tertiary/aromatic N) is 4. The Labute approximate surface area is 215 Å². The molecular formula is C24H22B2ClFN6O2. The number of hydrogen-bond donors (Lipinski definition) is 2. The number of rotatable bonds is 4. The molecule has 8 nitrogen and oxygen atoms in total. The number of aliphatic imine (C=N–C) groups is 1. The molecule has 0 saturated heterocycles. The van der Waals surface area contributed by atoms with E-state index in [1.807, 2.05) is 0 Å². The molecule has 12 heteroatoms. The van der Waals surface area contributed by atoms with Crippen LogP contribution in [0.15, 0.2) is 41.0 Å². The van der Waals surface area contributed by atoms with Crippen LogP contribution in [-0.4, -0.2) is 50.1 Å². The topological polar surface area (TPSA) is 107 Å². The van der Waals surface area contributed by atoms with Crippen LogP contribution in [-0.2, 0) is 16.6 Å². The van der Waals surface area contributed by atoms with Crippen LogP contribution in [0.25, 0.3) is 17.0 Å². The number of nitrogens with one attached hydrogen (secondary N) is 1. The maximum Gasteiger partial charge on any atom is 0.212 e. The first-order valence-corrected chi connectivity index (χ1v) is 11.4. The predicted molar refractivity (Wildman–Crippen MR) is 140 cm³/mol.